The van der Waals surface area contributed by atoms with Crippen LogP contribution >= 0.6 is 11.6 Å². The van der Waals surface area contributed by atoms with Crippen LogP contribution in [-0.4, -0.2) is 40.6 Å². The SMILES string of the molecule is COc1cc(-c2cccc(-c3cccc(NC(=O)c4cn(C)c(=O)n(C)c4=O)c3C)c2Cl)cc(F)c1CN[C@@H]1CNC(=O)C1. The molecule has 1 saturated heterocycles. The molecule has 1 aliphatic heterocycles. The Morgan fingerprint density at radius 2 is 1.80 bits per heavy atom. The van der Waals surface area contributed by atoms with Crippen LogP contribution in [0.3, 0.4) is 0 Å². The number of aryl methyl sites for hydroxylation is 1. The van der Waals surface area contributed by atoms with Crippen LogP contribution in [0.1, 0.15) is 27.9 Å². The molecule has 0 aliphatic carbocycles. The van der Waals surface area contributed by atoms with Gasteiger partial charge in [-0.1, -0.05) is 41.9 Å². The minimum Gasteiger partial charge on any atom is -0.496 e. The fourth-order valence-electron chi connectivity index (χ4n) is 5.30. The van der Waals surface area contributed by atoms with E-state index in [1.807, 2.05) is 19.1 Å². The highest BCUT2D eigenvalue weighted by Gasteiger charge is 2.23. The Labute approximate surface area is 257 Å². The zero-order valence-corrected chi connectivity index (χ0v) is 25.3. The number of hydrogen-bond acceptors (Lipinski definition) is 6. The third-order valence-electron chi connectivity index (χ3n) is 7.79. The minimum absolute atomic E-state index is 0.0435. The van der Waals surface area contributed by atoms with E-state index in [9.17, 15) is 19.2 Å². The third kappa shape index (κ3) is 5.88. The molecule has 10 nitrogen and oxygen atoms in total. The summed E-state index contributed by atoms with van der Waals surface area (Å²) in [6.07, 6.45) is 1.54. The van der Waals surface area contributed by atoms with Gasteiger partial charge in [0.2, 0.25) is 5.91 Å². The van der Waals surface area contributed by atoms with Gasteiger partial charge in [-0.25, -0.2) is 9.18 Å². The van der Waals surface area contributed by atoms with Gasteiger partial charge in [0, 0.05) is 68.2 Å². The van der Waals surface area contributed by atoms with Crippen molar-refractivity contribution >= 4 is 29.1 Å². The van der Waals surface area contributed by atoms with Gasteiger partial charge in [-0.05, 0) is 41.8 Å². The normalized spacial score (nSPS) is 14.4. The number of amides is 2. The molecule has 2 heterocycles. The summed E-state index contributed by atoms with van der Waals surface area (Å²) in [4.78, 5) is 49.2. The van der Waals surface area contributed by atoms with Crippen molar-refractivity contribution in [3.8, 4) is 28.0 Å². The number of carbonyl (C=O) groups excluding carboxylic acids is 2. The summed E-state index contributed by atoms with van der Waals surface area (Å²) >= 11 is 6.94. The molecule has 3 N–H and O–H groups in total. The van der Waals surface area contributed by atoms with Crippen molar-refractivity contribution in [2.45, 2.75) is 25.9 Å². The molecule has 1 atom stereocenters. The van der Waals surface area contributed by atoms with Crippen LogP contribution in [0.15, 0.2) is 64.3 Å². The molecule has 2 amide bonds. The smallest absolute Gasteiger partial charge is 0.330 e. The molecule has 12 heteroatoms. The minimum atomic E-state index is -0.703. The summed E-state index contributed by atoms with van der Waals surface area (Å²) in [6, 6.07) is 13.7. The van der Waals surface area contributed by atoms with Crippen molar-refractivity contribution in [3.63, 3.8) is 0 Å². The lowest BCUT2D eigenvalue weighted by Crippen LogP contribution is -2.40. The van der Waals surface area contributed by atoms with Crippen LogP contribution in [0.4, 0.5) is 10.1 Å². The Kier molecular flexibility index (Phi) is 8.70. The highest BCUT2D eigenvalue weighted by molar-refractivity contribution is 6.36. The van der Waals surface area contributed by atoms with Crippen molar-refractivity contribution in [2.24, 2.45) is 14.1 Å². The summed E-state index contributed by atoms with van der Waals surface area (Å²) < 4.78 is 23.0. The van der Waals surface area contributed by atoms with Gasteiger partial charge >= 0.3 is 5.69 Å². The van der Waals surface area contributed by atoms with E-state index in [4.69, 9.17) is 16.3 Å². The third-order valence-corrected chi connectivity index (χ3v) is 8.20. The summed E-state index contributed by atoms with van der Waals surface area (Å²) in [6.45, 7) is 2.48. The zero-order valence-electron chi connectivity index (χ0n) is 24.6. The lowest BCUT2D eigenvalue weighted by Gasteiger charge is -2.18. The average molecular weight is 620 g/mol. The quantitative estimate of drug-likeness (QED) is 0.276. The highest BCUT2D eigenvalue weighted by atomic mass is 35.5. The Balaban J connectivity index is 1.46. The van der Waals surface area contributed by atoms with E-state index in [-0.39, 0.29) is 24.1 Å². The number of hydrogen-bond donors (Lipinski definition) is 3. The van der Waals surface area contributed by atoms with Gasteiger partial charge in [-0.15, -0.1) is 0 Å². The second kappa shape index (κ2) is 12.5. The van der Waals surface area contributed by atoms with Crippen molar-refractivity contribution in [2.75, 3.05) is 19.0 Å². The molecular weight excluding hydrogens is 589 g/mol. The van der Waals surface area contributed by atoms with Gasteiger partial charge in [0.15, 0.2) is 0 Å². The fourth-order valence-corrected chi connectivity index (χ4v) is 5.63. The molecule has 0 unspecified atom stereocenters. The Morgan fingerprint density at radius 3 is 2.50 bits per heavy atom. The first-order valence-corrected chi connectivity index (χ1v) is 14.2. The van der Waals surface area contributed by atoms with Gasteiger partial charge < -0.3 is 25.3 Å². The number of nitrogens with zero attached hydrogens (tertiary/aromatic N) is 2. The predicted molar refractivity (Wildman–Crippen MR) is 167 cm³/mol. The summed E-state index contributed by atoms with van der Waals surface area (Å²) in [7, 11) is 4.24. The highest BCUT2D eigenvalue weighted by Crippen LogP contribution is 2.40. The Bertz CT molecular complexity index is 1920. The molecule has 228 valence electrons. The Hall–Kier alpha value is -4.74. The lowest BCUT2D eigenvalue weighted by molar-refractivity contribution is -0.119. The molecule has 5 rings (SSSR count). The van der Waals surface area contributed by atoms with Gasteiger partial charge in [-0.3, -0.25) is 19.0 Å². The molecule has 4 aromatic rings. The van der Waals surface area contributed by atoms with E-state index < -0.39 is 23.0 Å². The van der Waals surface area contributed by atoms with E-state index in [0.717, 1.165) is 10.1 Å². The second-order valence-electron chi connectivity index (χ2n) is 10.6. The first-order valence-electron chi connectivity index (χ1n) is 13.8. The van der Waals surface area contributed by atoms with Crippen LogP contribution < -0.4 is 31.9 Å². The van der Waals surface area contributed by atoms with Crippen LogP contribution in [0.5, 0.6) is 5.75 Å². The van der Waals surface area contributed by atoms with Crippen LogP contribution in [0.2, 0.25) is 5.02 Å². The van der Waals surface area contributed by atoms with E-state index in [0.29, 0.717) is 57.2 Å². The first kappa shape index (κ1) is 30.7. The topological polar surface area (TPSA) is 123 Å². The maximum atomic E-state index is 15.4. The van der Waals surface area contributed by atoms with Gasteiger partial charge in [0.1, 0.15) is 17.1 Å². The van der Waals surface area contributed by atoms with E-state index >= 15 is 4.39 Å². The van der Waals surface area contributed by atoms with Gasteiger partial charge in [0.25, 0.3) is 11.5 Å². The standard InChI is InChI=1S/C32H31ClFN5O5/c1-17-20(7-6-10-26(17)37-30(41)24-16-38(2)32(43)39(3)31(24)42)22-9-5-8-21(29(22)33)18-11-25(34)23(27(12-18)44-4)15-35-19-13-28(40)36-14-19/h5-12,16,19,35H,13-15H2,1-4H3,(H,36,40)(H,37,41)/t19-/m0/s1. The second-order valence-corrected chi connectivity index (χ2v) is 11.0. The van der Waals surface area contributed by atoms with E-state index in [2.05, 4.69) is 16.0 Å². The number of rotatable bonds is 8. The van der Waals surface area contributed by atoms with Crippen LogP contribution in [-0.2, 0) is 25.4 Å². The van der Waals surface area contributed by atoms with Crippen molar-refractivity contribution in [1.29, 1.82) is 0 Å². The first-order chi connectivity index (χ1) is 21.0. The van der Waals surface area contributed by atoms with Gasteiger partial charge in [0.05, 0.1) is 12.1 Å². The van der Waals surface area contributed by atoms with Crippen molar-refractivity contribution in [3.05, 3.63) is 103 Å². The maximum Gasteiger partial charge on any atom is 0.330 e. The lowest BCUT2D eigenvalue weighted by atomic mass is 9.94. The summed E-state index contributed by atoms with van der Waals surface area (Å²) in [5.74, 6) is -0.833. The molecule has 0 saturated carbocycles. The molecule has 0 radical (unpaired) electrons. The van der Waals surface area contributed by atoms with Gasteiger partial charge in [-0.2, -0.15) is 0 Å². The number of halogens is 2. The number of carbonyl (C=O) groups is 2. The number of ether oxygens (including phenoxy) is 1. The summed E-state index contributed by atoms with van der Waals surface area (Å²) in [5, 5.41) is 9.09. The average Bonchev–Trinajstić information content (AvgIpc) is 3.43. The largest absolute Gasteiger partial charge is 0.496 e. The van der Waals surface area contributed by atoms with E-state index in [1.54, 1.807) is 30.3 Å². The monoisotopic (exact) mass is 619 g/mol. The molecular formula is C32H31ClFN5O5. The molecule has 44 heavy (non-hydrogen) atoms. The predicted octanol–water partition coefficient (Wildman–Crippen LogP) is 3.76. The van der Waals surface area contributed by atoms with Crippen molar-refractivity contribution < 1.29 is 18.7 Å². The van der Waals surface area contributed by atoms with Crippen molar-refractivity contribution in [1.82, 2.24) is 19.8 Å². The number of benzene rings is 3. The molecule has 1 fully saturated rings. The number of nitrogens with one attached hydrogen (secondary N) is 3. The molecule has 3 aromatic carbocycles. The van der Waals surface area contributed by atoms with Crippen LogP contribution in [0, 0.1) is 12.7 Å². The van der Waals surface area contributed by atoms with Crippen LogP contribution in [0.25, 0.3) is 22.3 Å². The number of methoxy groups -OCH3 is 1. The van der Waals surface area contributed by atoms with E-state index in [1.165, 1.54) is 38.0 Å². The molecule has 0 bridgehead atoms. The molecule has 1 aliphatic rings. The maximum absolute atomic E-state index is 15.4. The summed E-state index contributed by atoms with van der Waals surface area (Å²) in [5.41, 5.74) is 2.52. The Morgan fingerprint density at radius 1 is 1.09 bits per heavy atom. The molecule has 0 spiro atoms. The number of aromatic nitrogens is 2. The zero-order chi connectivity index (χ0) is 31.7. The fraction of sp³-hybridized carbons (Fsp3) is 0.250. The number of anilines is 1. The molecule has 1 aromatic heterocycles.